The molecule has 1 aromatic heterocycles. The summed E-state index contributed by atoms with van der Waals surface area (Å²) in [5.41, 5.74) is 1.24. The molecule has 0 aliphatic heterocycles. The van der Waals surface area contributed by atoms with Crippen LogP contribution in [-0.4, -0.2) is 13.7 Å². The summed E-state index contributed by atoms with van der Waals surface area (Å²) in [6, 6.07) is 13.1. The van der Waals surface area contributed by atoms with Gasteiger partial charge in [0.2, 0.25) is 0 Å². The summed E-state index contributed by atoms with van der Waals surface area (Å²) < 4.78 is 5.75. The van der Waals surface area contributed by atoms with Crippen molar-refractivity contribution < 1.29 is 4.74 Å². The van der Waals surface area contributed by atoms with Crippen molar-refractivity contribution in [1.82, 2.24) is 5.32 Å². The Bertz CT molecular complexity index is 535. The van der Waals surface area contributed by atoms with Gasteiger partial charge >= 0.3 is 0 Å². The molecule has 1 aromatic carbocycles. The number of hydrogen-bond donors (Lipinski definition) is 1. The second-order valence-electron chi connectivity index (χ2n) is 4.74. The molecular weight excluding hydrogens is 266 g/mol. The van der Waals surface area contributed by atoms with Crippen LogP contribution in [0.15, 0.2) is 36.4 Å². The summed E-state index contributed by atoms with van der Waals surface area (Å²) in [4.78, 5) is 2.88. The third kappa shape index (κ3) is 3.62. The molecule has 2 aromatic rings. The summed E-state index contributed by atoms with van der Waals surface area (Å²) in [6.45, 7) is 4.93. The standard InChI is InChI=1S/C17H23NOS/c1-4-13-10-11-14(20-13)12-16(18-3)15-8-6-7-9-17(15)19-5-2/h6-11,16,18H,4-5,12H2,1-3H3. The molecule has 0 fully saturated rings. The minimum Gasteiger partial charge on any atom is -0.494 e. The van der Waals surface area contributed by atoms with Crippen molar-refractivity contribution >= 4 is 11.3 Å². The van der Waals surface area contributed by atoms with Crippen molar-refractivity contribution in [1.29, 1.82) is 0 Å². The first-order chi connectivity index (χ1) is 9.78. The van der Waals surface area contributed by atoms with E-state index in [1.165, 1.54) is 15.3 Å². The minimum absolute atomic E-state index is 0.293. The number of benzene rings is 1. The van der Waals surface area contributed by atoms with Gasteiger partial charge in [-0.1, -0.05) is 25.1 Å². The lowest BCUT2D eigenvalue weighted by Crippen LogP contribution is -2.19. The van der Waals surface area contributed by atoms with Crippen LogP contribution < -0.4 is 10.1 Å². The Morgan fingerprint density at radius 2 is 1.85 bits per heavy atom. The zero-order valence-corrected chi connectivity index (χ0v) is 13.3. The summed E-state index contributed by atoms with van der Waals surface area (Å²) in [5, 5.41) is 3.42. The summed E-state index contributed by atoms with van der Waals surface area (Å²) in [6.07, 6.45) is 2.12. The Kier molecular flexibility index (Phi) is 5.62. The maximum atomic E-state index is 5.75. The molecule has 0 radical (unpaired) electrons. The lowest BCUT2D eigenvalue weighted by molar-refractivity contribution is 0.332. The van der Waals surface area contributed by atoms with E-state index in [1.807, 2.05) is 31.4 Å². The van der Waals surface area contributed by atoms with Crippen LogP contribution in [0.4, 0.5) is 0 Å². The molecule has 0 spiro atoms. The number of nitrogens with one attached hydrogen (secondary N) is 1. The molecule has 0 amide bonds. The first-order valence-corrected chi connectivity index (χ1v) is 8.06. The molecular formula is C17H23NOS. The van der Waals surface area contributed by atoms with Crippen LogP contribution in [0.2, 0.25) is 0 Å². The van der Waals surface area contributed by atoms with Gasteiger partial charge in [0.1, 0.15) is 5.75 Å². The number of para-hydroxylation sites is 1. The minimum atomic E-state index is 0.293. The first-order valence-electron chi connectivity index (χ1n) is 7.25. The van der Waals surface area contributed by atoms with Crippen LogP contribution in [0, 0.1) is 0 Å². The monoisotopic (exact) mass is 289 g/mol. The van der Waals surface area contributed by atoms with Gasteiger partial charge in [-0.15, -0.1) is 11.3 Å². The van der Waals surface area contributed by atoms with Gasteiger partial charge in [0, 0.05) is 27.8 Å². The average Bonchev–Trinajstić information content (AvgIpc) is 2.94. The van der Waals surface area contributed by atoms with Gasteiger partial charge in [0.05, 0.1) is 6.61 Å². The van der Waals surface area contributed by atoms with E-state index in [0.717, 1.165) is 18.6 Å². The molecule has 1 N–H and O–H groups in total. The SMILES string of the molecule is CCOc1ccccc1C(Cc1ccc(CC)s1)NC. The molecule has 2 nitrogen and oxygen atoms in total. The quantitative estimate of drug-likeness (QED) is 0.824. The number of aryl methyl sites for hydroxylation is 1. The maximum Gasteiger partial charge on any atom is 0.124 e. The fraction of sp³-hybridized carbons (Fsp3) is 0.412. The third-order valence-electron chi connectivity index (χ3n) is 3.41. The smallest absolute Gasteiger partial charge is 0.124 e. The molecule has 0 saturated carbocycles. The molecule has 1 unspecified atom stereocenters. The van der Waals surface area contributed by atoms with E-state index in [4.69, 9.17) is 4.74 Å². The zero-order chi connectivity index (χ0) is 14.4. The Balaban J connectivity index is 2.19. The van der Waals surface area contributed by atoms with Crippen LogP contribution in [0.3, 0.4) is 0 Å². The normalized spacial score (nSPS) is 12.3. The average molecular weight is 289 g/mol. The van der Waals surface area contributed by atoms with E-state index in [0.29, 0.717) is 12.6 Å². The second kappa shape index (κ2) is 7.46. The third-order valence-corrected chi connectivity index (χ3v) is 4.67. The summed E-state index contributed by atoms with van der Waals surface area (Å²) >= 11 is 1.91. The van der Waals surface area contributed by atoms with E-state index >= 15 is 0 Å². The fourth-order valence-corrected chi connectivity index (χ4v) is 3.35. The molecule has 1 atom stereocenters. The molecule has 3 heteroatoms. The van der Waals surface area contributed by atoms with Gasteiger partial charge in [0.25, 0.3) is 0 Å². The van der Waals surface area contributed by atoms with E-state index in [9.17, 15) is 0 Å². The van der Waals surface area contributed by atoms with Gasteiger partial charge in [-0.3, -0.25) is 0 Å². The van der Waals surface area contributed by atoms with E-state index < -0.39 is 0 Å². The topological polar surface area (TPSA) is 21.3 Å². The van der Waals surface area contributed by atoms with E-state index in [1.54, 1.807) is 0 Å². The Hall–Kier alpha value is -1.32. The zero-order valence-electron chi connectivity index (χ0n) is 12.5. The fourth-order valence-electron chi connectivity index (χ4n) is 2.35. The molecule has 0 saturated heterocycles. The van der Waals surface area contributed by atoms with Crippen molar-refractivity contribution in [3.8, 4) is 5.75 Å². The van der Waals surface area contributed by atoms with Crippen LogP contribution >= 0.6 is 11.3 Å². The Morgan fingerprint density at radius 3 is 2.50 bits per heavy atom. The molecule has 2 rings (SSSR count). The lowest BCUT2D eigenvalue weighted by Gasteiger charge is -2.19. The number of thiophene rings is 1. The molecule has 108 valence electrons. The number of rotatable bonds is 7. The first kappa shape index (κ1) is 15.1. The number of hydrogen-bond acceptors (Lipinski definition) is 3. The van der Waals surface area contributed by atoms with Crippen molar-refractivity contribution in [3.05, 3.63) is 51.7 Å². The van der Waals surface area contributed by atoms with Crippen LogP contribution in [-0.2, 0) is 12.8 Å². The van der Waals surface area contributed by atoms with Gasteiger partial charge in [-0.2, -0.15) is 0 Å². The van der Waals surface area contributed by atoms with Gasteiger partial charge < -0.3 is 10.1 Å². The van der Waals surface area contributed by atoms with E-state index in [2.05, 4.69) is 42.6 Å². The van der Waals surface area contributed by atoms with Crippen molar-refractivity contribution in [2.75, 3.05) is 13.7 Å². The molecule has 1 heterocycles. The lowest BCUT2D eigenvalue weighted by atomic mass is 10.0. The van der Waals surface area contributed by atoms with Crippen molar-refractivity contribution in [2.24, 2.45) is 0 Å². The molecule has 0 aliphatic rings. The van der Waals surface area contributed by atoms with Crippen molar-refractivity contribution in [2.45, 2.75) is 32.7 Å². The maximum absolute atomic E-state index is 5.75. The predicted molar refractivity (Wildman–Crippen MR) is 86.8 cm³/mol. The summed E-state index contributed by atoms with van der Waals surface area (Å²) in [5.74, 6) is 0.988. The highest BCUT2D eigenvalue weighted by molar-refractivity contribution is 7.11. The number of likely N-dealkylation sites (N-methyl/N-ethyl adjacent to an activating group) is 1. The van der Waals surface area contributed by atoms with Crippen molar-refractivity contribution in [3.63, 3.8) is 0 Å². The van der Waals surface area contributed by atoms with Crippen LogP contribution in [0.5, 0.6) is 5.75 Å². The van der Waals surface area contributed by atoms with E-state index in [-0.39, 0.29) is 0 Å². The highest BCUT2D eigenvalue weighted by Crippen LogP contribution is 2.29. The molecule has 0 bridgehead atoms. The summed E-state index contributed by atoms with van der Waals surface area (Å²) in [7, 11) is 2.02. The number of ether oxygens (including phenoxy) is 1. The highest BCUT2D eigenvalue weighted by atomic mass is 32.1. The highest BCUT2D eigenvalue weighted by Gasteiger charge is 2.15. The van der Waals surface area contributed by atoms with Crippen LogP contribution in [0.1, 0.15) is 35.2 Å². The van der Waals surface area contributed by atoms with Gasteiger partial charge in [0.15, 0.2) is 0 Å². The predicted octanol–water partition coefficient (Wildman–Crippen LogP) is 4.21. The van der Waals surface area contributed by atoms with Gasteiger partial charge in [-0.05, 0) is 38.6 Å². The largest absolute Gasteiger partial charge is 0.494 e. The molecule has 0 aliphatic carbocycles. The second-order valence-corrected chi connectivity index (χ2v) is 5.99. The Morgan fingerprint density at radius 1 is 1.10 bits per heavy atom. The Labute approximate surface area is 125 Å². The van der Waals surface area contributed by atoms with Gasteiger partial charge in [-0.25, -0.2) is 0 Å². The van der Waals surface area contributed by atoms with Crippen LogP contribution in [0.25, 0.3) is 0 Å². The molecule has 20 heavy (non-hydrogen) atoms.